The number of aryl methyl sites for hydroxylation is 1. The SMILES string of the molecule is Cc1nc(-c2ccc3c(c2)N(CC#N)C(=O)C(C)O3)cs1. The number of carbonyl (C=O) groups excluding carboxylic acids is 1. The van der Waals surface area contributed by atoms with Gasteiger partial charge >= 0.3 is 0 Å². The average Bonchev–Trinajstić information content (AvgIpc) is 2.90. The maximum absolute atomic E-state index is 12.2. The van der Waals surface area contributed by atoms with E-state index in [9.17, 15) is 4.79 Å². The van der Waals surface area contributed by atoms with Crippen LogP contribution in [0.4, 0.5) is 5.69 Å². The molecule has 0 fully saturated rings. The second-order valence-electron chi connectivity index (χ2n) is 4.78. The number of aromatic nitrogens is 1. The van der Waals surface area contributed by atoms with Crippen LogP contribution >= 0.6 is 11.3 Å². The molecule has 1 aromatic heterocycles. The Hall–Kier alpha value is -2.39. The molecule has 106 valence electrons. The first-order valence-corrected chi connectivity index (χ1v) is 7.39. The monoisotopic (exact) mass is 299 g/mol. The number of nitrogens with zero attached hydrogens (tertiary/aromatic N) is 3. The molecule has 1 aliphatic rings. The van der Waals surface area contributed by atoms with Crippen molar-refractivity contribution < 1.29 is 9.53 Å². The lowest BCUT2D eigenvalue weighted by atomic mass is 10.1. The highest BCUT2D eigenvalue weighted by Crippen LogP contribution is 2.37. The van der Waals surface area contributed by atoms with Crippen LogP contribution < -0.4 is 9.64 Å². The Morgan fingerprint density at radius 2 is 2.33 bits per heavy atom. The highest BCUT2D eigenvalue weighted by molar-refractivity contribution is 7.09. The number of nitriles is 1. The minimum absolute atomic E-state index is 0.0130. The number of rotatable bonds is 2. The summed E-state index contributed by atoms with van der Waals surface area (Å²) in [5.74, 6) is 0.420. The molecule has 2 heterocycles. The quantitative estimate of drug-likeness (QED) is 0.800. The zero-order chi connectivity index (χ0) is 15.0. The van der Waals surface area contributed by atoms with Gasteiger partial charge in [-0.3, -0.25) is 9.69 Å². The highest BCUT2D eigenvalue weighted by atomic mass is 32.1. The third-order valence-electron chi connectivity index (χ3n) is 3.31. The zero-order valence-corrected chi connectivity index (χ0v) is 12.5. The summed E-state index contributed by atoms with van der Waals surface area (Å²) in [6.07, 6.45) is -0.571. The average molecular weight is 299 g/mol. The summed E-state index contributed by atoms with van der Waals surface area (Å²) >= 11 is 1.57. The van der Waals surface area contributed by atoms with Crippen LogP contribution in [-0.2, 0) is 4.79 Å². The molecule has 1 unspecified atom stereocenters. The molecule has 0 bridgehead atoms. The molecule has 1 aliphatic heterocycles. The van der Waals surface area contributed by atoms with E-state index in [0.717, 1.165) is 16.3 Å². The number of hydrogen-bond acceptors (Lipinski definition) is 5. The summed E-state index contributed by atoms with van der Waals surface area (Å²) in [7, 11) is 0. The van der Waals surface area contributed by atoms with E-state index in [1.54, 1.807) is 18.3 Å². The number of thiazole rings is 1. The van der Waals surface area contributed by atoms with E-state index in [1.807, 2.05) is 36.6 Å². The number of hydrogen-bond donors (Lipinski definition) is 0. The van der Waals surface area contributed by atoms with E-state index in [1.165, 1.54) is 4.90 Å². The Morgan fingerprint density at radius 1 is 1.52 bits per heavy atom. The fraction of sp³-hybridized carbons (Fsp3) is 0.267. The predicted molar refractivity (Wildman–Crippen MR) is 80.3 cm³/mol. The lowest BCUT2D eigenvalue weighted by Gasteiger charge is -2.31. The first-order valence-electron chi connectivity index (χ1n) is 6.51. The van der Waals surface area contributed by atoms with Crippen LogP contribution in [0, 0.1) is 18.3 Å². The topological polar surface area (TPSA) is 66.2 Å². The molecule has 0 spiro atoms. The Balaban J connectivity index is 2.08. The molecule has 1 atom stereocenters. The van der Waals surface area contributed by atoms with Crippen molar-refractivity contribution in [2.45, 2.75) is 20.0 Å². The second-order valence-corrected chi connectivity index (χ2v) is 5.84. The van der Waals surface area contributed by atoms with Crippen molar-refractivity contribution in [1.82, 2.24) is 4.98 Å². The van der Waals surface area contributed by atoms with Crippen molar-refractivity contribution in [1.29, 1.82) is 5.26 Å². The maximum Gasteiger partial charge on any atom is 0.268 e. The Morgan fingerprint density at radius 3 is 3.00 bits per heavy atom. The van der Waals surface area contributed by atoms with Gasteiger partial charge in [-0.1, -0.05) is 0 Å². The fourth-order valence-electron chi connectivity index (χ4n) is 2.30. The standard InChI is InChI=1S/C15H13N3O2S/c1-9-15(19)18(6-5-16)13-7-11(3-4-14(13)20-9)12-8-21-10(2)17-12/h3-4,7-9H,6H2,1-2H3. The van der Waals surface area contributed by atoms with Crippen LogP contribution in [0.25, 0.3) is 11.3 Å². The minimum Gasteiger partial charge on any atom is -0.479 e. The van der Waals surface area contributed by atoms with Crippen molar-refractivity contribution in [3.8, 4) is 23.1 Å². The highest BCUT2D eigenvalue weighted by Gasteiger charge is 2.31. The van der Waals surface area contributed by atoms with E-state index >= 15 is 0 Å². The first kappa shape index (κ1) is 13.6. The summed E-state index contributed by atoms with van der Waals surface area (Å²) in [4.78, 5) is 18.1. The summed E-state index contributed by atoms with van der Waals surface area (Å²) < 4.78 is 5.60. The van der Waals surface area contributed by atoms with Gasteiger partial charge in [0.05, 0.1) is 22.5 Å². The molecule has 2 aromatic rings. The molecule has 5 nitrogen and oxygen atoms in total. The second kappa shape index (κ2) is 5.19. The van der Waals surface area contributed by atoms with Gasteiger partial charge in [-0.15, -0.1) is 11.3 Å². The molecule has 0 saturated heterocycles. The molecule has 21 heavy (non-hydrogen) atoms. The number of anilines is 1. The third-order valence-corrected chi connectivity index (χ3v) is 4.08. The smallest absolute Gasteiger partial charge is 0.268 e. The van der Waals surface area contributed by atoms with Crippen LogP contribution in [0.1, 0.15) is 11.9 Å². The molecule has 0 aliphatic carbocycles. The van der Waals surface area contributed by atoms with E-state index < -0.39 is 6.10 Å². The molecule has 0 saturated carbocycles. The largest absolute Gasteiger partial charge is 0.479 e. The van der Waals surface area contributed by atoms with Gasteiger partial charge < -0.3 is 4.74 Å². The van der Waals surface area contributed by atoms with Gasteiger partial charge in [0.15, 0.2) is 6.10 Å². The summed E-state index contributed by atoms with van der Waals surface area (Å²) in [6, 6.07) is 7.62. The molecule has 1 amide bonds. The molecular weight excluding hydrogens is 286 g/mol. The zero-order valence-electron chi connectivity index (χ0n) is 11.7. The van der Waals surface area contributed by atoms with Crippen LogP contribution in [0.3, 0.4) is 0 Å². The predicted octanol–water partition coefficient (Wildman–Crippen LogP) is 2.76. The lowest BCUT2D eigenvalue weighted by Crippen LogP contribution is -2.44. The van der Waals surface area contributed by atoms with Gasteiger partial charge in [0, 0.05) is 10.9 Å². The molecule has 1 aromatic carbocycles. The van der Waals surface area contributed by atoms with Gasteiger partial charge in [0.25, 0.3) is 5.91 Å². The van der Waals surface area contributed by atoms with Gasteiger partial charge in [-0.05, 0) is 32.0 Å². The molecule has 0 radical (unpaired) electrons. The number of carbonyl (C=O) groups is 1. The number of ether oxygens (including phenoxy) is 1. The minimum atomic E-state index is -0.571. The first-order chi connectivity index (χ1) is 10.1. The van der Waals surface area contributed by atoms with Crippen molar-refractivity contribution >= 4 is 22.9 Å². The molecule has 3 rings (SSSR count). The van der Waals surface area contributed by atoms with E-state index in [4.69, 9.17) is 10.00 Å². The van der Waals surface area contributed by atoms with Crippen LogP contribution in [0.15, 0.2) is 23.6 Å². The molecular formula is C15H13N3O2S. The Bertz CT molecular complexity index is 748. The lowest BCUT2D eigenvalue weighted by molar-refractivity contribution is -0.125. The molecule has 0 N–H and O–H groups in total. The number of amides is 1. The maximum atomic E-state index is 12.2. The van der Waals surface area contributed by atoms with Crippen molar-refractivity contribution in [3.05, 3.63) is 28.6 Å². The van der Waals surface area contributed by atoms with Gasteiger partial charge in [-0.25, -0.2) is 4.98 Å². The van der Waals surface area contributed by atoms with Crippen LogP contribution in [0.5, 0.6) is 5.75 Å². The van der Waals surface area contributed by atoms with Crippen molar-refractivity contribution in [2.75, 3.05) is 11.4 Å². The van der Waals surface area contributed by atoms with Gasteiger partial charge in [0.2, 0.25) is 0 Å². The van der Waals surface area contributed by atoms with Crippen molar-refractivity contribution in [3.63, 3.8) is 0 Å². The molecule has 6 heteroatoms. The fourth-order valence-corrected chi connectivity index (χ4v) is 2.92. The number of fused-ring (bicyclic) bond motifs is 1. The van der Waals surface area contributed by atoms with Crippen LogP contribution in [-0.4, -0.2) is 23.5 Å². The summed E-state index contributed by atoms with van der Waals surface area (Å²) in [5, 5.41) is 11.9. The summed E-state index contributed by atoms with van der Waals surface area (Å²) in [6.45, 7) is 3.65. The van der Waals surface area contributed by atoms with E-state index in [2.05, 4.69) is 4.98 Å². The van der Waals surface area contributed by atoms with E-state index in [-0.39, 0.29) is 12.5 Å². The Labute approximate surface area is 126 Å². The van der Waals surface area contributed by atoms with Gasteiger partial charge in [-0.2, -0.15) is 5.26 Å². The number of benzene rings is 1. The van der Waals surface area contributed by atoms with E-state index in [0.29, 0.717) is 11.4 Å². The summed E-state index contributed by atoms with van der Waals surface area (Å²) in [5.41, 5.74) is 2.40. The normalized spacial score (nSPS) is 17.1. The van der Waals surface area contributed by atoms with Gasteiger partial charge in [0.1, 0.15) is 12.3 Å². The van der Waals surface area contributed by atoms with Crippen LogP contribution in [0.2, 0.25) is 0 Å². The Kier molecular flexibility index (Phi) is 3.35. The van der Waals surface area contributed by atoms with Crippen molar-refractivity contribution in [2.24, 2.45) is 0 Å². The third kappa shape index (κ3) is 2.36.